The van der Waals surface area contributed by atoms with Gasteiger partial charge in [0.2, 0.25) is 0 Å². The Morgan fingerprint density at radius 3 is 0.571 bits per heavy atom. The zero-order valence-corrected chi connectivity index (χ0v) is 11.4. The molecule has 0 fully saturated rings. The molecule has 0 saturated carbocycles. The zero-order chi connectivity index (χ0) is 0. The van der Waals surface area contributed by atoms with Gasteiger partial charge in [-0.1, -0.05) is 0 Å². The van der Waals surface area contributed by atoms with Crippen LogP contribution in [0.15, 0.2) is 0 Å². The van der Waals surface area contributed by atoms with Gasteiger partial charge in [-0.3, -0.25) is 0 Å². The van der Waals surface area contributed by atoms with Crippen molar-refractivity contribution in [2.45, 2.75) is 0 Å². The maximum absolute atomic E-state index is 0. The Balaban J connectivity index is 0. The third-order valence-corrected chi connectivity index (χ3v) is 0. The van der Waals surface area contributed by atoms with Crippen LogP contribution in [0.25, 0.3) is 0 Å². The normalized spacial score (nSPS) is 0. The second kappa shape index (κ2) is 88.8. The molecule has 7 heteroatoms. The van der Waals surface area contributed by atoms with Gasteiger partial charge in [0, 0.05) is 21.7 Å². The van der Waals surface area contributed by atoms with Gasteiger partial charge in [-0.2, -0.15) is 0 Å². The Hall–Kier alpha value is 2.18. The van der Waals surface area contributed by atoms with Crippen molar-refractivity contribution in [2.75, 3.05) is 0 Å². The molecule has 0 aliphatic carbocycles. The van der Waals surface area contributed by atoms with Crippen LogP contribution in [0.4, 0.5) is 0 Å². The molecule has 0 aromatic carbocycles. The first-order chi connectivity index (χ1) is 0. The Morgan fingerprint density at radius 2 is 0.571 bits per heavy atom. The molecule has 0 aromatic heterocycles. The van der Waals surface area contributed by atoms with Crippen LogP contribution in [0.1, 0.15) is 0 Å². The summed E-state index contributed by atoms with van der Waals surface area (Å²) in [6, 6.07) is 0. The van der Waals surface area contributed by atoms with Crippen LogP contribution in [0, 0.1) is 0 Å². The molecule has 0 aliphatic rings. The van der Waals surface area contributed by atoms with Crippen molar-refractivity contribution in [2.24, 2.45) is 0 Å². The van der Waals surface area contributed by atoms with E-state index < -0.39 is 0 Å². The SMILES string of the molecule is [Bi+3].[OH-].[OH-].[OH-].[OH-].[Ta+2].[Ti]. The van der Waals surface area contributed by atoms with Crippen LogP contribution in [-0.2, 0) is 44.1 Å². The van der Waals surface area contributed by atoms with E-state index in [0.717, 1.165) is 0 Å². The molecule has 0 unspecified atom stereocenters. The van der Waals surface area contributed by atoms with E-state index in [4.69, 9.17) is 0 Å². The van der Waals surface area contributed by atoms with E-state index in [1.807, 2.05) is 0 Å². The van der Waals surface area contributed by atoms with Gasteiger partial charge in [-0.25, -0.2) is 0 Å². The van der Waals surface area contributed by atoms with Crippen molar-refractivity contribution < 1.29 is 66.0 Å². The van der Waals surface area contributed by atoms with Gasteiger partial charge in [0.1, 0.15) is 0 Å². The molecule has 4 N–H and O–H groups in total. The second-order valence-corrected chi connectivity index (χ2v) is 0. The summed E-state index contributed by atoms with van der Waals surface area (Å²) < 4.78 is 0. The number of hydrogen-bond acceptors (Lipinski definition) is 4. The molecule has 0 heterocycles. The first kappa shape index (κ1) is 129. The standard InChI is InChI=1S/Bi.4H2O.Ta.Ti/h;4*1H2;;/q+3;;;;;+2;/p-4. The topological polar surface area (TPSA) is 120 Å². The predicted octanol–water partition coefficient (Wildman–Crippen LogP) is -1.09. The van der Waals surface area contributed by atoms with E-state index in [0.29, 0.717) is 0 Å². The summed E-state index contributed by atoms with van der Waals surface area (Å²) >= 11 is 0. The summed E-state index contributed by atoms with van der Waals surface area (Å²) in [5.74, 6) is 0. The zero-order valence-electron chi connectivity index (χ0n) is 3.18. The quantitative estimate of drug-likeness (QED) is 0.388. The van der Waals surface area contributed by atoms with Crippen molar-refractivity contribution in [1.82, 2.24) is 0 Å². The van der Waals surface area contributed by atoms with Gasteiger partial charge in [0.05, 0.1) is 0 Å². The van der Waals surface area contributed by atoms with E-state index in [1.54, 1.807) is 0 Å². The molecular weight excluding hydrogens is 502 g/mol. The first-order valence-electron chi connectivity index (χ1n) is 0. The molecule has 7 heavy (non-hydrogen) atoms. The van der Waals surface area contributed by atoms with E-state index in [2.05, 4.69) is 0 Å². The Morgan fingerprint density at radius 1 is 0.571 bits per heavy atom. The Labute approximate surface area is 91.2 Å². The Bertz CT molecular complexity index is 11.7. The summed E-state index contributed by atoms with van der Waals surface area (Å²) in [7, 11) is 0. The molecule has 0 amide bonds. The number of hydrogen-bond donors (Lipinski definition) is 0. The van der Waals surface area contributed by atoms with E-state index >= 15 is 0 Å². The summed E-state index contributed by atoms with van der Waals surface area (Å²) in [4.78, 5) is 0. The molecule has 0 spiro atoms. The van der Waals surface area contributed by atoms with Crippen LogP contribution >= 0.6 is 0 Å². The number of rotatable bonds is 0. The minimum atomic E-state index is 0. The van der Waals surface area contributed by atoms with Gasteiger partial charge in [-0.05, 0) is 0 Å². The van der Waals surface area contributed by atoms with Crippen molar-refractivity contribution in [3.8, 4) is 0 Å². The summed E-state index contributed by atoms with van der Waals surface area (Å²) in [5.41, 5.74) is 0. The minimum absolute atomic E-state index is 0. The van der Waals surface area contributed by atoms with E-state index in [1.165, 1.54) is 0 Å². The van der Waals surface area contributed by atoms with Crippen molar-refractivity contribution >= 4 is 26.2 Å². The second-order valence-electron chi connectivity index (χ2n) is 0. The summed E-state index contributed by atoms with van der Waals surface area (Å²) in [5, 5.41) is 0. The molecule has 0 rings (SSSR count). The molecule has 0 saturated heterocycles. The minimum Gasteiger partial charge on any atom is -0.870 e. The largest absolute Gasteiger partial charge is 3.00 e. The third-order valence-electron chi connectivity index (χ3n) is 0. The van der Waals surface area contributed by atoms with Crippen LogP contribution < -0.4 is 0 Å². The fourth-order valence-corrected chi connectivity index (χ4v) is 0. The van der Waals surface area contributed by atoms with Gasteiger partial charge in [0.15, 0.2) is 0 Å². The third kappa shape index (κ3) is 65.8. The maximum atomic E-state index is 0. The molecule has 0 aliphatic heterocycles. The monoisotopic (exact) mass is 506 g/mol. The average molecular weight is 506 g/mol. The van der Waals surface area contributed by atoms with Crippen molar-refractivity contribution in [3.05, 3.63) is 0 Å². The fourth-order valence-electron chi connectivity index (χ4n) is 0. The fraction of sp³-hybridized carbons (Fsp3) is 0. The maximum Gasteiger partial charge on any atom is 3.00 e. The molecule has 3 radical (unpaired) electrons. The van der Waals surface area contributed by atoms with E-state index in [9.17, 15) is 0 Å². The van der Waals surface area contributed by atoms with Crippen LogP contribution in [0.5, 0.6) is 0 Å². The van der Waals surface area contributed by atoms with Crippen molar-refractivity contribution in [1.29, 1.82) is 0 Å². The summed E-state index contributed by atoms with van der Waals surface area (Å²) in [6.45, 7) is 0. The Kier molecular flexibility index (Phi) is 1640. The molecule has 4 nitrogen and oxygen atoms in total. The summed E-state index contributed by atoms with van der Waals surface area (Å²) in [6.07, 6.45) is 0. The predicted molar refractivity (Wildman–Crippen MR) is 13.5 cm³/mol. The van der Waals surface area contributed by atoms with Gasteiger partial charge in [0.25, 0.3) is 0 Å². The molecule has 0 atom stereocenters. The molecular formula is H4BiO4TaTi+. The van der Waals surface area contributed by atoms with Gasteiger partial charge >= 0.3 is 48.6 Å². The van der Waals surface area contributed by atoms with Gasteiger partial charge < -0.3 is 21.9 Å². The molecule has 0 bridgehead atoms. The first-order valence-corrected chi connectivity index (χ1v) is 0. The van der Waals surface area contributed by atoms with E-state index in [-0.39, 0.29) is 92.2 Å². The molecule has 41 valence electrons. The van der Waals surface area contributed by atoms with Crippen LogP contribution in [0.3, 0.4) is 0 Å². The smallest absolute Gasteiger partial charge is 0.870 e. The average Bonchev–Trinajstić information content (AvgIpc) is 0. The van der Waals surface area contributed by atoms with Gasteiger partial charge in [-0.15, -0.1) is 0 Å². The van der Waals surface area contributed by atoms with Crippen LogP contribution in [0.2, 0.25) is 0 Å². The van der Waals surface area contributed by atoms with Crippen molar-refractivity contribution in [3.63, 3.8) is 0 Å². The molecule has 0 aromatic rings. The van der Waals surface area contributed by atoms with Crippen LogP contribution in [-0.4, -0.2) is 48.1 Å².